The van der Waals surface area contributed by atoms with Crippen LogP contribution in [0.1, 0.15) is 5.56 Å². The highest BCUT2D eigenvalue weighted by Crippen LogP contribution is 2.10. The molecule has 2 aliphatic heterocycles. The van der Waals surface area contributed by atoms with E-state index >= 15 is 0 Å². The van der Waals surface area contributed by atoms with Crippen LogP contribution in [0, 0.1) is 0 Å². The maximum atomic E-state index is 11.6. The number of amides is 1. The molecule has 76 valence electrons. The van der Waals surface area contributed by atoms with Crippen molar-refractivity contribution in [2.75, 3.05) is 0 Å². The van der Waals surface area contributed by atoms with Crippen LogP contribution in [0.2, 0.25) is 0 Å². The number of benzene rings is 1. The third-order valence-electron chi connectivity index (χ3n) is 2.23. The van der Waals surface area contributed by atoms with Crippen molar-refractivity contribution in [2.24, 2.45) is 20.0 Å². The normalized spacial score (nSPS) is 17.8. The van der Waals surface area contributed by atoms with E-state index in [-0.39, 0.29) is 11.6 Å². The van der Waals surface area contributed by atoms with E-state index in [4.69, 9.17) is 0 Å². The van der Waals surface area contributed by atoms with Crippen molar-refractivity contribution in [1.82, 2.24) is 0 Å². The zero-order valence-corrected chi connectivity index (χ0v) is 8.16. The van der Waals surface area contributed by atoms with E-state index in [1.165, 1.54) is 6.34 Å². The number of aliphatic imine (C=N–C) groups is 4. The molecule has 0 aromatic heterocycles. The fourth-order valence-corrected chi connectivity index (χ4v) is 1.48. The molecule has 0 aliphatic carbocycles. The molecule has 1 aromatic carbocycles. The molecule has 3 rings (SSSR count). The molecule has 0 saturated heterocycles. The van der Waals surface area contributed by atoms with Crippen LogP contribution in [0.3, 0.4) is 0 Å². The van der Waals surface area contributed by atoms with Gasteiger partial charge < -0.3 is 0 Å². The van der Waals surface area contributed by atoms with Crippen LogP contribution in [-0.4, -0.2) is 29.6 Å². The molecule has 5 heteroatoms. The molecule has 0 N–H and O–H groups in total. The Bertz CT molecular complexity index is 581. The smallest absolute Gasteiger partial charge is 0.265 e. The van der Waals surface area contributed by atoms with Crippen molar-refractivity contribution < 1.29 is 4.79 Å². The zero-order chi connectivity index (χ0) is 11.0. The van der Waals surface area contributed by atoms with Gasteiger partial charge in [-0.25, -0.2) is 15.0 Å². The molecular weight excluding hydrogens is 204 g/mol. The van der Waals surface area contributed by atoms with E-state index in [1.807, 2.05) is 30.3 Å². The molecule has 0 spiro atoms. The number of nitrogens with zero attached hydrogens (tertiary/aromatic N) is 4. The molecule has 0 saturated carbocycles. The number of carbonyl (C=O) groups excluding carboxylic acids is 1. The second-order valence-electron chi connectivity index (χ2n) is 3.26. The SMILES string of the molecule is O=C1N=C(c2ccccc2)N=C2N=CN=C12. The largest absolute Gasteiger partial charge is 0.301 e. The van der Waals surface area contributed by atoms with Gasteiger partial charge in [0.25, 0.3) is 0 Å². The molecular formula is C11H6N4O. The van der Waals surface area contributed by atoms with Gasteiger partial charge in [0, 0.05) is 5.56 Å². The first-order chi connectivity index (χ1) is 7.84. The van der Waals surface area contributed by atoms with E-state index < -0.39 is 0 Å². The van der Waals surface area contributed by atoms with Crippen molar-refractivity contribution in [3.8, 4) is 0 Å². The van der Waals surface area contributed by atoms with Gasteiger partial charge in [0.15, 0.2) is 17.4 Å². The van der Waals surface area contributed by atoms with Crippen molar-refractivity contribution in [2.45, 2.75) is 0 Å². The van der Waals surface area contributed by atoms with Crippen molar-refractivity contribution in [3.63, 3.8) is 0 Å². The van der Waals surface area contributed by atoms with Gasteiger partial charge in [0.05, 0.1) is 0 Å². The first kappa shape index (κ1) is 8.84. The maximum Gasteiger partial charge on any atom is 0.301 e. The zero-order valence-electron chi connectivity index (χ0n) is 8.16. The summed E-state index contributed by atoms with van der Waals surface area (Å²) in [5.74, 6) is 0.346. The van der Waals surface area contributed by atoms with Crippen molar-refractivity contribution in [3.05, 3.63) is 35.9 Å². The molecule has 5 nitrogen and oxygen atoms in total. The van der Waals surface area contributed by atoms with Crippen LogP contribution in [0.25, 0.3) is 0 Å². The highest BCUT2D eigenvalue weighted by Gasteiger charge is 2.26. The fourth-order valence-electron chi connectivity index (χ4n) is 1.48. The van der Waals surface area contributed by atoms with Gasteiger partial charge in [-0.1, -0.05) is 30.3 Å². The molecule has 0 bridgehead atoms. The Kier molecular flexibility index (Phi) is 1.83. The molecule has 16 heavy (non-hydrogen) atoms. The van der Waals surface area contributed by atoms with Crippen molar-refractivity contribution >= 4 is 29.6 Å². The Hall–Kier alpha value is -2.43. The van der Waals surface area contributed by atoms with Gasteiger partial charge in [-0.2, -0.15) is 4.99 Å². The van der Waals surface area contributed by atoms with Gasteiger partial charge in [0.1, 0.15) is 6.34 Å². The van der Waals surface area contributed by atoms with Crippen LogP contribution in [0.5, 0.6) is 0 Å². The summed E-state index contributed by atoms with van der Waals surface area (Å²) in [5.41, 5.74) is 1.02. The molecule has 2 aliphatic rings. The summed E-state index contributed by atoms with van der Waals surface area (Å²) in [6.07, 6.45) is 1.32. The summed E-state index contributed by atoms with van der Waals surface area (Å²) in [6.45, 7) is 0. The lowest BCUT2D eigenvalue weighted by atomic mass is 10.2. The topological polar surface area (TPSA) is 66.5 Å². The van der Waals surface area contributed by atoms with E-state index in [2.05, 4.69) is 20.0 Å². The van der Waals surface area contributed by atoms with Gasteiger partial charge in [-0.05, 0) is 0 Å². The quantitative estimate of drug-likeness (QED) is 0.677. The molecule has 0 fully saturated rings. The van der Waals surface area contributed by atoms with Gasteiger partial charge in [0.2, 0.25) is 0 Å². The lowest BCUT2D eigenvalue weighted by molar-refractivity contribution is -0.111. The molecule has 1 amide bonds. The Morgan fingerprint density at radius 3 is 2.56 bits per heavy atom. The Morgan fingerprint density at radius 2 is 1.75 bits per heavy atom. The van der Waals surface area contributed by atoms with E-state index in [1.54, 1.807) is 0 Å². The predicted octanol–water partition coefficient (Wildman–Crippen LogP) is 0.855. The van der Waals surface area contributed by atoms with Gasteiger partial charge in [-0.3, -0.25) is 4.79 Å². The van der Waals surface area contributed by atoms with Gasteiger partial charge in [-0.15, -0.1) is 0 Å². The number of hydrogen-bond donors (Lipinski definition) is 0. The second-order valence-corrected chi connectivity index (χ2v) is 3.26. The Morgan fingerprint density at radius 1 is 0.938 bits per heavy atom. The summed E-state index contributed by atoms with van der Waals surface area (Å²) in [4.78, 5) is 27.3. The van der Waals surface area contributed by atoms with Crippen molar-refractivity contribution in [1.29, 1.82) is 0 Å². The molecule has 2 heterocycles. The third kappa shape index (κ3) is 1.30. The second kappa shape index (κ2) is 3.30. The van der Waals surface area contributed by atoms with Crippen LogP contribution in [-0.2, 0) is 4.79 Å². The molecule has 0 atom stereocenters. The number of fused-ring (bicyclic) bond motifs is 1. The average Bonchev–Trinajstić information content (AvgIpc) is 2.79. The lowest BCUT2D eigenvalue weighted by Crippen LogP contribution is -2.25. The third-order valence-corrected chi connectivity index (χ3v) is 2.23. The first-order valence-corrected chi connectivity index (χ1v) is 4.72. The summed E-state index contributed by atoms with van der Waals surface area (Å²) in [7, 11) is 0. The monoisotopic (exact) mass is 210 g/mol. The van der Waals surface area contributed by atoms with E-state index in [0.717, 1.165) is 5.56 Å². The van der Waals surface area contributed by atoms with E-state index in [9.17, 15) is 4.79 Å². The first-order valence-electron chi connectivity index (χ1n) is 4.72. The average molecular weight is 210 g/mol. The number of rotatable bonds is 1. The Balaban J connectivity index is 2.09. The minimum Gasteiger partial charge on any atom is -0.265 e. The highest BCUT2D eigenvalue weighted by atomic mass is 16.1. The summed E-state index contributed by atoms with van der Waals surface area (Å²) in [5, 5.41) is 0. The van der Waals surface area contributed by atoms with Crippen LogP contribution in [0.15, 0.2) is 50.3 Å². The predicted molar refractivity (Wildman–Crippen MR) is 61.3 cm³/mol. The van der Waals surface area contributed by atoms with Crippen LogP contribution in [0.4, 0.5) is 0 Å². The van der Waals surface area contributed by atoms with Crippen LogP contribution < -0.4 is 0 Å². The minimum absolute atomic E-state index is 0.222. The standard InChI is InChI=1S/C11H6N4O/c16-11-8-10(13-6-12-8)14-9(15-11)7-4-2-1-3-5-7/h1-6H. The molecule has 1 aromatic rings. The summed E-state index contributed by atoms with van der Waals surface area (Å²) < 4.78 is 0. The highest BCUT2D eigenvalue weighted by molar-refractivity contribution is 6.71. The van der Waals surface area contributed by atoms with E-state index in [0.29, 0.717) is 11.7 Å². The lowest BCUT2D eigenvalue weighted by Gasteiger charge is -2.06. The maximum absolute atomic E-state index is 11.6. The molecule has 0 radical (unpaired) electrons. The number of amidine groups is 2. The van der Waals surface area contributed by atoms with Gasteiger partial charge >= 0.3 is 5.91 Å². The fraction of sp³-hybridized carbons (Fsp3) is 0. The number of carbonyl (C=O) groups is 1. The molecule has 0 unspecified atom stereocenters. The summed E-state index contributed by atoms with van der Waals surface area (Å²) >= 11 is 0. The minimum atomic E-state index is -0.388. The van der Waals surface area contributed by atoms with Crippen LogP contribution >= 0.6 is 0 Å². The number of hydrogen-bond acceptors (Lipinski definition) is 4. The Labute approximate surface area is 91.0 Å². The summed E-state index contributed by atoms with van der Waals surface area (Å²) in [6, 6.07) is 9.31.